The number of carboxylic acid groups (broad SMARTS) is 1. The molecule has 8 heteroatoms. The zero-order valence-corrected chi connectivity index (χ0v) is 13.1. The predicted octanol–water partition coefficient (Wildman–Crippen LogP) is -0.242. The van der Waals surface area contributed by atoms with Crippen molar-refractivity contribution in [2.24, 2.45) is 11.7 Å². The summed E-state index contributed by atoms with van der Waals surface area (Å²) < 4.78 is 0. The van der Waals surface area contributed by atoms with Gasteiger partial charge >= 0.3 is 5.97 Å². The lowest BCUT2D eigenvalue weighted by Gasteiger charge is -2.19. The Kier molecular flexibility index (Phi) is 8.06. The number of nitrogens with one attached hydrogen (secondary N) is 1. The molecule has 0 radical (unpaired) electrons. The van der Waals surface area contributed by atoms with E-state index in [1.165, 1.54) is 18.2 Å². The van der Waals surface area contributed by atoms with E-state index in [-0.39, 0.29) is 29.3 Å². The number of nitrogens with two attached hydrogens (primary N) is 1. The van der Waals surface area contributed by atoms with Crippen LogP contribution in [0.15, 0.2) is 18.2 Å². The number of benzene rings is 1. The quantitative estimate of drug-likeness (QED) is 0.433. The lowest BCUT2D eigenvalue weighted by Crippen LogP contribution is -2.49. The molecule has 0 aliphatic carbocycles. The van der Waals surface area contributed by atoms with Crippen molar-refractivity contribution in [1.82, 2.24) is 5.32 Å². The lowest BCUT2D eigenvalue weighted by atomic mass is 10.0. The van der Waals surface area contributed by atoms with Crippen molar-refractivity contribution in [1.29, 1.82) is 0 Å². The van der Waals surface area contributed by atoms with Gasteiger partial charge in [0.15, 0.2) is 11.5 Å². The highest BCUT2D eigenvalue weighted by Gasteiger charge is 2.24. The summed E-state index contributed by atoms with van der Waals surface area (Å²) >= 11 is 0. The second kappa shape index (κ2) is 8.96. The Morgan fingerprint density at radius 1 is 1.22 bits per heavy atom. The largest absolute Gasteiger partial charge is 0.504 e. The fraction of sp³-hybridized carbons (Fsp3) is 0.467. The van der Waals surface area contributed by atoms with Crippen LogP contribution in [0.25, 0.3) is 0 Å². The molecular formula is C15H24N2O6. The van der Waals surface area contributed by atoms with Crippen molar-refractivity contribution in [3.8, 4) is 11.5 Å². The molecule has 23 heavy (non-hydrogen) atoms. The number of carboxylic acids is 1. The van der Waals surface area contributed by atoms with Crippen molar-refractivity contribution in [3.63, 3.8) is 0 Å². The Bertz CT molecular complexity index is 547. The van der Waals surface area contributed by atoms with Crippen LogP contribution >= 0.6 is 0 Å². The molecule has 0 bridgehead atoms. The van der Waals surface area contributed by atoms with Crippen molar-refractivity contribution in [2.75, 3.05) is 0 Å². The normalized spacial score (nSPS) is 13.0. The number of rotatable bonds is 7. The molecule has 1 aromatic carbocycles. The zero-order chi connectivity index (χ0) is 16.9. The number of hydrogen-bond acceptors (Lipinski definition) is 5. The average Bonchev–Trinajstić information content (AvgIpc) is 2.41. The van der Waals surface area contributed by atoms with E-state index in [0.29, 0.717) is 12.0 Å². The highest BCUT2D eigenvalue weighted by molar-refractivity contribution is 5.86. The third-order valence-electron chi connectivity index (χ3n) is 3.16. The van der Waals surface area contributed by atoms with E-state index in [9.17, 15) is 24.9 Å². The number of phenolic OH excluding ortho intramolecular Hbond substituents is 2. The summed E-state index contributed by atoms with van der Waals surface area (Å²) in [5.41, 5.74) is 6.20. The Morgan fingerprint density at radius 2 is 1.83 bits per heavy atom. The minimum absolute atomic E-state index is 0. The monoisotopic (exact) mass is 328 g/mol. The van der Waals surface area contributed by atoms with Crippen LogP contribution in [0, 0.1) is 5.92 Å². The molecule has 0 saturated heterocycles. The third-order valence-corrected chi connectivity index (χ3v) is 3.16. The first-order chi connectivity index (χ1) is 10.2. The SMILES string of the molecule is CC(C)C[C@H](N)C(=O)N[C@@H](Cc1ccc(O)c(O)c1)C(=O)O.O. The van der Waals surface area contributed by atoms with Gasteiger partial charge in [-0.25, -0.2) is 4.79 Å². The summed E-state index contributed by atoms with van der Waals surface area (Å²) in [6.45, 7) is 3.84. The fourth-order valence-electron chi connectivity index (χ4n) is 2.03. The summed E-state index contributed by atoms with van der Waals surface area (Å²) in [6, 6.07) is 2.07. The molecule has 0 aliphatic rings. The molecule has 1 rings (SSSR count). The molecule has 0 heterocycles. The summed E-state index contributed by atoms with van der Waals surface area (Å²) in [5.74, 6) is -2.14. The lowest BCUT2D eigenvalue weighted by molar-refractivity contribution is -0.142. The van der Waals surface area contributed by atoms with E-state index >= 15 is 0 Å². The van der Waals surface area contributed by atoms with Gasteiger partial charge in [-0.1, -0.05) is 19.9 Å². The summed E-state index contributed by atoms with van der Waals surface area (Å²) in [4.78, 5) is 23.2. The van der Waals surface area contributed by atoms with Crippen LogP contribution in [0.2, 0.25) is 0 Å². The number of carbonyl (C=O) groups is 2. The molecule has 1 aromatic rings. The van der Waals surface area contributed by atoms with E-state index < -0.39 is 24.0 Å². The number of hydrogen-bond donors (Lipinski definition) is 5. The van der Waals surface area contributed by atoms with Crippen molar-refractivity contribution in [3.05, 3.63) is 23.8 Å². The summed E-state index contributed by atoms with van der Waals surface area (Å²) in [5, 5.41) is 30.3. The van der Waals surface area contributed by atoms with Gasteiger partial charge < -0.3 is 31.8 Å². The van der Waals surface area contributed by atoms with E-state index in [0.717, 1.165) is 0 Å². The molecule has 8 nitrogen and oxygen atoms in total. The van der Waals surface area contributed by atoms with Crippen LogP contribution in [0.1, 0.15) is 25.8 Å². The zero-order valence-electron chi connectivity index (χ0n) is 13.1. The van der Waals surface area contributed by atoms with Gasteiger partial charge in [-0.15, -0.1) is 0 Å². The van der Waals surface area contributed by atoms with E-state index in [2.05, 4.69) is 5.32 Å². The first-order valence-corrected chi connectivity index (χ1v) is 7.00. The second-order valence-corrected chi connectivity index (χ2v) is 5.66. The van der Waals surface area contributed by atoms with Crippen molar-refractivity contribution >= 4 is 11.9 Å². The minimum atomic E-state index is -1.20. The summed E-state index contributed by atoms with van der Waals surface area (Å²) in [6.07, 6.45) is 0.432. The second-order valence-electron chi connectivity index (χ2n) is 5.66. The Morgan fingerprint density at radius 3 is 2.30 bits per heavy atom. The van der Waals surface area contributed by atoms with Crippen LogP contribution < -0.4 is 11.1 Å². The Hall–Kier alpha value is -2.32. The van der Waals surface area contributed by atoms with Crippen LogP contribution in [-0.4, -0.2) is 44.8 Å². The Labute approximate surface area is 134 Å². The highest BCUT2D eigenvalue weighted by atomic mass is 16.4. The molecular weight excluding hydrogens is 304 g/mol. The molecule has 0 fully saturated rings. The molecule has 8 N–H and O–H groups in total. The van der Waals surface area contributed by atoms with Gasteiger partial charge in [-0.2, -0.15) is 0 Å². The first kappa shape index (κ1) is 20.7. The van der Waals surface area contributed by atoms with Gasteiger partial charge in [0.05, 0.1) is 6.04 Å². The topological polar surface area (TPSA) is 164 Å². The first-order valence-electron chi connectivity index (χ1n) is 7.00. The van der Waals surface area contributed by atoms with Crippen LogP contribution in [0.3, 0.4) is 0 Å². The van der Waals surface area contributed by atoms with E-state index in [4.69, 9.17) is 5.73 Å². The van der Waals surface area contributed by atoms with Crippen LogP contribution in [0.5, 0.6) is 11.5 Å². The number of aromatic hydroxyl groups is 2. The molecule has 0 spiro atoms. The van der Waals surface area contributed by atoms with E-state index in [1.807, 2.05) is 13.8 Å². The molecule has 0 saturated carbocycles. The maximum atomic E-state index is 11.9. The van der Waals surface area contributed by atoms with Gasteiger partial charge in [0, 0.05) is 6.42 Å². The number of aliphatic carboxylic acids is 1. The molecule has 0 aromatic heterocycles. The van der Waals surface area contributed by atoms with E-state index in [1.54, 1.807) is 0 Å². The minimum Gasteiger partial charge on any atom is -0.504 e. The smallest absolute Gasteiger partial charge is 0.326 e. The molecule has 0 unspecified atom stereocenters. The molecule has 130 valence electrons. The maximum Gasteiger partial charge on any atom is 0.326 e. The molecule has 1 amide bonds. The van der Waals surface area contributed by atoms with Crippen LogP contribution in [0.4, 0.5) is 0 Å². The van der Waals surface area contributed by atoms with Gasteiger partial charge in [0.2, 0.25) is 5.91 Å². The standard InChI is InChI=1S/C15H22N2O5.H2O/c1-8(2)5-10(16)14(20)17-11(15(21)22)6-9-3-4-12(18)13(19)7-9;/h3-4,7-8,10-11,18-19H,5-6,16H2,1-2H3,(H,17,20)(H,21,22);1H2/t10-,11-;/m0./s1. The average molecular weight is 328 g/mol. The molecule has 2 atom stereocenters. The van der Waals surface area contributed by atoms with Crippen molar-refractivity contribution in [2.45, 2.75) is 38.8 Å². The van der Waals surface area contributed by atoms with Gasteiger partial charge in [0.25, 0.3) is 0 Å². The fourth-order valence-corrected chi connectivity index (χ4v) is 2.03. The Balaban J connectivity index is 0.00000484. The van der Waals surface area contributed by atoms with Crippen LogP contribution in [-0.2, 0) is 16.0 Å². The number of carbonyl (C=O) groups excluding carboxylic acids is 1. The predicted molar refractivity (Wildman–Crippen MR) is 84.1 cm³/mol. The third kappa shape index (κ3) is 6.54. The van der Waals surface area contributed by atoms with Gasteiger partial charge in [-0.3, -0.25) is 4.79 Å². The van der Waals surface area contributed by atoms with Crippen molar-refractivity contribution < 1.29 is 30.4 Å². The van der Waals surface area contributed by atoms with Gasteiger partial charge in [0.1, 0.15) is 6.04 Å². The number of amides is 1. The summed E-state index contributed by atoms with van der Waals surface area (Å²) in [7, 11) is 0. The van der Waals surface area contributed by atoms with Gasteiger partial charge in [-0.05, 0) is 30.0 Å². The number of phenols is 2. The molecule has 0 aliphatic heterocycles. The maximum absolute atomic E-state index is 11.9. The highest BCUT2D eigenvalue weighted by Crippen LogP contribution is 2.25.